The molecule has 0 saturated carbocycles. The molecule has 0 aromatic heterocycles. The first kappa shape index (κ1) is 13.8. The molecule has 0 spiro atoms. The zero-order valence-corrected chi connectivity index (χ0v) is 11.2. The Hall–Kier alpha value is -1.61. The van der Waals surface area contributed by atoms with E-state index in [1.807, 2.05) is 25.1 Å². The number of rotatable bonds is 4. The van der Waals surface area contributed by atoms with Gasteiger partial charge >= 0.3 is 0 Å². The van der Waals surface area contributed by atoms with Crippen LogP contribution in [0.5, 0.6) is 0 Å². The summed E-state index contributed by atoms with van der Waals surface area (Å²) < 4.78 is 24.8. The van der Waals surface area contributed by atoms with E-state index in [4.69, 9.17) is 11.6 Å². The average molecular weight is 282 g/mol. The summed E-state index contributed by atoms with van der Waals surface area (Å²) in [5.74, 6) is 0. The van der Waals surface area contributed by atoms with Gasteiger partial charge in [-0.25, -0.2) is 8.78 Å². The fraction of sp³-hybridized carbons (Fsp3) is 0.200. The van der Waals surface area contributed by atoms with Crippen molar-refractivity contribution >= 4 is 17.3 Å². The molecule has 1 nitrogen and oxygen atoms in total. The minimum Gasteiger partial charge on any atom is -0.380 e. The maximum absolute atomic E-state index is 12.4. The van der Waals surface area contributed by atoms with Crippen molar-refractivity contribution in [2.75, 3.05) is 5.32 Å². The number of nitrogens with one attached hydrogen (secondary N) is 1. The summed E-state index contributed by atoms with van der Waals surface area (Å²) in [6.45, 7) is 2.52. The van der Waals surface area contributed by atoms with Crippen LogP contribution in [0.1, 0.15) is 23.1 Å². The Morgan fingerprint density at radius 1 is 1.11 bits per heavy atom. The second-order valence-corrected chi connectivity index (χ2v) is 4.73. The van der Waals surface area contributed by atoms with Gasteiger partial charge in [0.05, 0.1) is 10.7 Å². The SMILES string of the molecule is Cc1cccc(Cl)c1NCc1ccc(C(F)F)cc1. The summed E-state index contributed by atoms with van der Waals surface area (Å²) in [6.07, 6.45) is -2.42. The van der Waals surface area contributed by atoms with Crippen molar-refractivity contribution < 1.29 is 8.78 Å². The predicted molar refractivity (Wildman–Crippen MR) is 74.9 cm³/mol. The number of hydrogen-bond acceptors (Lipinski definition) is 1. The Morgan fingerprint density at radius 2 is 1.79 bits per heavy atom. The zero-order chi connectivity index (χ0) is 13.8. The summed E-state index contributed by atoms with van der Waals surface area (Å²) in [5.41, 5.74) is 2.90. The molecule has 0 unspecified atom stereocenters. The molecule has 2 aromatic rings. The van der Waals surface area contributed by atoms with Crippen molar-refractivity contribution in [1.29, 1.82) is 0 Å². The highest BCUT2D eigenvalue weighted by Gasteiger charge is 2.06. The van der Waals surface area contributed by atoms with Crippen LogP contribution in [-0.2, 0) is 6.54 Å². The number of benzene rings is 2. The molecule has 1 N–H and O–H groups in total. The lowest BCUT2D eigenvalue weighted by Crippen LogP contribution is -2.01. The second kappa shape index (κ2) is 6.02. The monoisotopic (exact) mass is 281 g/mol. The molecular formula is C15H14ClF2N. The largest absolute Gasteiger partial charge is 0.380 e. The topological polar surface area (TPSA) is 12.0 Å². The van der Waals surface area contributed by atoms with Gasteiger partial charge in [0.15, 0.2) is 0 Å². The molecule has 0 atom stereocenters. The van der Waals surface area contributed by atoms with Gasteiger partial charge in [0.25, 0.3) is 6.43 Å². The Labute approximate surface area is 116 Å². The zero-order valence-electron chi connectivity index (χ0n) is 10.5. The van der Waals surface area contributed by atoms with Gasteiger partial charge in [0.2, 0.25) is 0 Å². The van der Waals surface area contributed by atoms with Gasteiger partial charge in [-0.05, 0) is 24.1 Å². The first-order chi connectivity index (χ1) is 9.08. The van der Waals surface area contributed by atoms with Crippen molar-refractivity contribution in [1.82, 2.24) is 0 Å². The lowest BCUT2D eigenvalue weighted by Gasteiger charge is -2.11. The lowest BCUT2D eigenvalue weighted by molar-refractivity contribution is 0.151. The summed E-state index contributed by atoms with van der Waals surface area (Å²) in [6, 6.07) is 12.0. The summed E-state index contributed by atoms with van der Waals surface area (Å²) >= 11 is 6.10. The third-order valence-electron chi connectivity index (χ3n) is 2.92. The van der Waals surface area contributed by atoms with Crippen LogP contribution in [-0.4, -0.2) is 0 Å². The van der Waals surface area contributed by atoms with Gasteiger partial charge in [-0.3, -0.25) is 0 Å². The Bertz CT molecular complexity index is 532. The molecule has 0 bridgehead atoms. The lowest BCUT2D eigenvalue weighted by atomic mass is 10.1. The maximum atomic E-state index is 12.4. The Morgan fingerprint density at radius 3 is 2.37 bits per heavy atom. The van der Waals surface area contributed by atoms with Gasteiger partial charge in [0.1, 0.15) is 0 Å². The molecule has 0 saturated heterocycles. The third-order valence-corrected chi connectivity index (χ3v) is 3.24. The molecule has 4 heteroatoms. The number of para-hydroxylation sites is 1. The molecule has 0 amide bonds. The molecule has 0 fully saturated rings. The normalized spacial score (nSPS) is 10.8. The van der Waals surface area contributed by atoms with E-state index in [0.29, 0.717) is 11.6 Å². The number of hydrogen-bond donors (Lipinski definition) is 1. The Balaban J connectivity index is 2.06. The van der Waals surface area contributed by atoms with E-state index in [1.165, 1.54) is 12.1 Å². The Kier molecular flexibility index (Phi) is 4.38. The van der Waals surface area contributed by atoms with Gasteiger partial charge in [-0.2, -0.15) is 0 Å². The first-order valence-electron chi connectivity index (χ1n) is 5.94. The number of alkyl halides is 2. The molecule has 2 rings (SSSR count). The highest BCUT2D eigenvalue weighted by atomic mass is 35.5. The van der Waals surface area contributed by atoms with E-state index >= 15 is 0 Å². The van der Waals surface area contributed by atoms with Crippen LogP contribution in [0, 0.1) is 6.92 Å². The molecule has 0 radical (unpaired) electrons. The van der Waals surface area contributed by atoms with Gasteiger partial charge in [0, 0.05) is 12.1 Å². The van der Waals surface area contributed by atoms with E-state index in [-0.39, 0.29) is 5.56 Å². The van der Waals surface area contributed by atoms with Crippen LogP contribution >= 0.6 is 11.6 Å². The van der Waals surface area contributed by atoms with Crippen LogP contribution in [0.2, 0.25) is 5.02 Å². The first-order valence-corrected chi connectivity index (χ1v) is 6.31. The van der Waals surface area contributed by atoms with Crippen LogP contribution in [0.15, 0.2) is 42.5 Å². The second-order valence-electron chi connectivity index (χ2n) is 4.33. The quantitative estimate of drug-likeness (QED) is 0.812. The molecule has 0 aliphatic carbocycles. The summed E-state index contributed by atoms with van der Waals surface area (Å²) in [5, 5.41) is 3.88. The smallest absolute Gasteiger partial charge is 0.263 e. The minimum absolute atomic E-state index is 0.0395. The van der Waals surface area contributed by atoms with Crippen molar-refractivity contribution in [3.05, 3.63) is 64.2 Å². The molecular weight excluding hydrogens is 268 g/mol. The molecule has 0 heterocycles. The third kappa shape index (κ3) is 3.44. The molecule has 0 aliphatic rings. The molecule has 19 heavy (non-hydrogen) atoms. The van der Waals surface area contributed by atoms with E-state index in [9.17, 15) is 8.78 Å². The molecule has 0 aliphatic heterocycles. The van der Waals surface area contributed by atoms with E-state index in [0.717, 1.165) is 16.8 Å². The fourth-order valence-corrected chi connectivity index (χ4v) is 2.12. The highest BCUT2D eigenvalue weighted by molar-refractivity contribution is 6.33. The van der Waals surface area contributed by atoms with Crippen LogP contribution in [0.3, 0.4) is 0 Å². The van der Waals surface area contributed by atoms with Gasteiger partial charge in [-0.1, -0.05) is 48.0 Å². The molecule has 100 valence electrons. The minimum atomic E-state index is -2.42. The van der Waals surface area contributed by atoms with E-state index < -0.39 is 6.43 Å². The van der Waals surface area contributed by atoms with Crippen molar-refractivity contribution in [3.8, 4) is 0 Å². The van der Waals surface area contributed by atoms with Crippen LogP contribution in [0.4, 0.5) is 14.5 Å². The van der Waals surface area contributed by atoms with E-state index in [2.05, 4.69) is 5.32 Å². The number of aryl methyl sites for hydroxylation is 1. The highest BCUT2D eigenvalue weighted by Crippen LogP contribution is 2.26. The number of anilines is 1. The molecule has 2 aromatic carbocycles. The van der Waals surface area contributed by atoms with Crippen LogP contribution in [0.25, 0.3) is 0 Å². The van der Waals surface area contributed by atoms with Crippen molar-refractivity contribution in [3.63, 3.8) is 0 Å². The maximum Gasteiger partial charge on any atom is 0.263 e. The van der Waals surface area contributed by atoms with Crippen molar-refractivity contribution in [2.24, 2.45) is 0 Å². The summed E-state index contributed by atoms with van der Waals surface area (Å²) in [7, 11) is 0. The average Bonchev–Trinajstić information content (AvgIpc) is 2.38. The van der Waals surface area contributed by atoms with Gasteiger partial charge in [-0.15, -0.1) is 0 Å². The predicted octanol–water partition coefficient (Wildman–Crippen LogP) is 5.20. The van der Waals surface area contributed by atoms with Crippen molar-refractivity contribution in [2.45, 2.75) is 19.9 Å². The standard InChI is InChI=1S/C15H14ClF2N/c1-10-3-2-4-13(16)14(10)19-9-11-5-7-12(8-6-11)15(17)18/h2-8,15,19H,9H2,1H3. The van der Waals surface area contributed by atoms with E-state index in [1.54, 1.807) is 12.1 Å². The summed E-state index contributed by atoms with van der Waals surface area (Å²) in [4.78, 5) is 0. The number of halogens is 3. The van der Waals surface area contributed by atoms with Gasteiger partial charge < -0.3 is 5.32 Å². The fourth-order valence-electron chi connectivity index (χ4n) is 1.83. The van der Waals surface area contributed by atoms with Crippen LogP contribution < -0.4 is 5.32 Å².